The second-order valence-corrected chi connectivity index (χ2v) is 3.98. The van der Waals surface area contributed by atoms with E-state index in [1.54, 1.807) is 7.11 Å². The fourth-order valence-corrected chi connectivity index (χ4v) is 1.69. The van der Waals surface area contributed by atoms with Crippen molar-refractivity contribution < 1.29 is 13.7 Å². The first-order valence-corrected chi connectivity index (χ1v) is 5.63. The Hall–Kier alpha value is -2.14. The highest BCUT2D eigenvalue weighted by atomic mass is 16.5. The summed E-state index contributed by atoms with van der Waals surface area (Å²) in [4.78, 5) is 4.25. The summed E-state index contributed by atoms with van der Waals surface area (Å²) in [6.45, 7) is 1.84. The quantitative estimate of drug-likeness (QED) is 0.708. The molecule has 5 heteroatoms. The molecule has 1 atom stereocenters. The van der Waals surface area contributed by atoms with Crippen LogP contribution in [-0.4, -0.2) is 17.3 Å². The van der Waals surface area contributed by atoms with Gasteiger partial charge in [0, 0.05) is 12.5 Å². The van der Waals surface area contributed by atoms with Crippen LogP contribution in [0.3, 0.4) is 0 Å². The van der Waals surface area contributed by atoms with E-state index in [2.05, 4.69) is 10.1 Å². The van der Waals surface area contributed by atoms with E-state index in [9.17, 15) is 0 Å². The molecule has 0 amide bonds. The van der Waals surface area contributed by atoms with Gasteiger partial charge in [-0.2, -0.15) is 4.98 Å². The van der Waals surface area contributed by atoms with Gasteiger partial charge in [0.2, 0.25) is 5.82 Å². The Balaban J connectivity index is 2.01. The summed E-state index contributed by atoms with van der Waals surface area (Å²) >= 11 is 0. The van der Waals surface area contributed by atoms with Gasteiger partial charge in [-0.05, 0) is 19.1 Å². The summed E-state index contributed by atoms with van der Waals surface area (Å²) in [5.41, 5.74) is 0.804. The molecule has 1 unspecified atom stereocenters. The lowest BCUT2D eigenvalue weighted by molar-refractivity contribution is 0.0886. The number of aromatic nitrogens is 2. The predicted molar refractivity (Wildman–Crippen MR) is 64.9 cm³/mol. The van der Waals surface area contributed by atoms with Crippen molar-refractivity contribution in [1.82, 2.24) is 10.1 Å². The lowest BCUT2D eigenvalue weighted by Gasteiger charge is -2.00. The molecule has 0 saturated heterocycles. The van der Waals surface area contributed by atoms with Crippen molar-refractivity contribution in [3.8, 4) is 11.6 Å². The van der Waals surface area contributed by atoms with Crippen LogP contribution < -0.4 is 0 Å². The number of para-hydroxylation sites is 1. The zero-order valence-corrected chi connectivity index (χ0v) is 10.1. The molecule has 2 heterocycles. The molecular weight excluding hydrogens is 232 g/mol. The van der Waals surface area contributed by atoms with Crippen molar-refractivity contribution in [3.63, 3.8) is 0 Å². The third kappa shape index (κ3) is 1.78. The second kappa shape index (κ2) is 4.27. The van der Waals surface area contributed by atoms with Gasteiger partial charge in [-0.3, -0.25) is 0 Å². The summed E-state index contributed by atoms with van der Waals surface area (Å²) in [6, 6.07) is 9.64. The number of hydrogen-bond donors (Lipinski definition) is 0. The molecule has 1 aromatic carbocycles. The number of rotatable bonds is 3. The predicted octanol–water partition coefficient (Wildman–Crippen LogP) is 3.19. The summed E-state index contributed by atoms with van der Waals surface area (Å²) in [7, 11) is 1.59. The van der Waals surface area contributed by atoms with E-state index in [0.717, 1.165) is 11.0 Å². The number of furan rings is 1. The Labute approximate surface area is 103 Å². The minimum Gasteiger partial charge on any atom is -0.453 e. The summed E-state index contributed by atoms with van der Waals surface area (Å²) in [5, 5.41) is 4.90. The normalized spacial score (nSPS) is 13.0. The zero-order valence-electron chi connectivity index (χ0n) is 10.1. The van der Waals surface area contributed by atoms with Gasteiger partial charge in [-0.1, -0.05) is 23.4 Å². The molecule has 0 saturated carbocycles. The van der Waals surface area contributed by atoms with Crippen LogP contribution in [-0.2, 0) is 4.74 Å². The topological polar surface area (TPSA) is 61.3 Å². The third-order valence-electron chi connectivity index (χ3n) is 2.79. The van der Waals surface area contributed by atoms with E-state index < -0.39 is 0 Å². The first-order chi connectivity index (χ1) is 8.78. The Morgan fingerprint density at radius 1 is 1.28 bits per heavy atom. The Morgan fingerprint density at radius 3 is 2.89 bits per heavy atom. The molecular formula is C13H12N2O3. The van der Waals surface area contributed by atoms with Crippen molar-refractivity contribution in [1.29, 1.82) is 0 Å². The molecule has 0 aliphatic heterocycles. The molecule has 0 spiro atoms. The van der Waals surface area contributed by atoms with E-state index >= 15 is 0 Å². The van der Waals surface area contributed by atoms with Crippen molar-refractivity contribution in [2.75, 3.05) is 7.11 Å². The molecule has 3 aromatic rings. The van der Waals surface area contributed by atoms with Crippen LogP contribution in [0.25, 0.3) is 22.6 Å². The molecule has 0 fully saturated rings. The standard InChI is InChI=1S/C13H12N2O3/c1-8(16-2)13-14-12(15-18-13)11-7-9-5-3-4-6-10(9)17-11/h3-8H,1-2H3. The first kappa shape index (κ1) is 11.0. The van der Waals surface area contributed by atoms with E-state index in [1.807, 2.05) is 37.3 Å². The lowest BCUT2D eigenvalue weighted by atomic mass is 10.2. The first-order valence-electron chi connectivity index (χ1n) is 5.63. The Bertz CT molecular complexity index is 638. The van der Waals surface area contributed by atoms with Crippen LogP contribution in [0.15, 0.2) is 39.3 Å². The molecule has 0 aliphatic carbocycles. The van der Waals surface area contributed by atoms with Crippen LogP contribution in [0, 0.1) is 0 Å². The van der Waals surface area contributed by atoms with Crippen molar-refractivity contribution in [2.45, 2.75) is 13.0 Å². The monoisotopic (exact) mass is 244 g/mol. The number of nitrogens with zero attached hydrogens (tertiary/aromatic N) is 2. The molecule has 0 radical (unpaired) electrons. The highest BCUT2D eigenvalue weighted by Crippen LogP contribution is 2.26. The van der Waals surface area contributed by atoms with Crippen LogP contribution in [0.1, 0.15) is 18.9 Å². The Kier molecular flexibility index (Phi) is 2.60. The van der Waals surface area contributed by atoms with Gasteiger partial charge in [-0.15, -0.1) is 0 Å². The molecule has 0 N–H and O–H groups in total. The van der Waals surface area contributed by atoms with Crippen LogP contribution in [0.4, 0.5) is 0 Å². The van der Waals surface area contributed by atoms with Crippen molar-refractivity contribution in [3.05, 3.63) is 36.2 Å². The maximum atomic E-state index is 5.65. The summed E-state index contributed by atoms with van der Waals surface area (Å²) < 4.78 is 15.9. The zero-order chi connectivity index (χ0) is 12.5. The van der Waals surface area contributed by atoms with E-state index in [4.69, 9.17) is 13.7 Å². The second-order valence-electron chi connectivity index (χ2n) is 3.98. The SMILES string of the molecule is COC(C)c1nc(-c2cc3ccccc3o2)no1. The molecule has 2 aromatic heterocycles. The number of hydrogen-bond acceptors (Lipinski definition) is 5. The highest BCUT2D eigenvalue weighted by Gasteiger charge is 2.17. The average molecular weight is 244 g/mol. The van der Waals surface area contributed by atoms with Gasteiger partial charge >= 0.3 is 0 Å². The minimum atomic E-state index is -0.226. The van der Waals surface area contributed by atoms with Crippen LogP contribution >= 0.6 is 0 Å². The molecule has 5 nitrogen and oxygen atoms in total. The van der Waals surface area contributed by atoms with Gasteiger partial charge in [0.15, 0.2) is 5.76 Å². The van der Waals surface area contributed by atoms with E-state index in [1.165, 1.54) is 0 Å². The fourth-order valence-electron chi connectivity index (χ4n) is 1.69. The number of methoxy groups -OCH3 is 1. The molecule has 0 aliphatic rings. The average Bonchev–Trinajstić information content (AvgIpc) is 3.03. The molecule has 3 rings (SSSR count). The van der Waals surface area contributed by atoms with Gasteiger partial charge < -0.3 is 13.7 Å². The number of fused-ring (bicyclic) bond motifs is 1. The smallest absolute Gasteiger partial charge is 0.255 e. The maximum Gasteiger partial charge on any atom is 0.255 e. The number of ether oxygens (including phenoxy) is 1. The van der Waals surface area contributed by atoms with Crippen molar-refractivity contribution >= 4 is 11.0 Å². The third-order valence-corrected chi connectivity index (χ3v) is 2.79. The Morgan fingerprint density at radius 2 is 2.11 bits per heavy atom. The lowest BCUT2D eigenvalue weighted by Crippen LogP contribution is -1.95. The van der Waals surface area contributed by atoms with Gasteiger partial charge in [-0.25, -0.2) is 0 Å². The van der Waals surface area contributed by atoms with Crippen LogP contribution in [0.2, 0.25) is 0 Å². The van der Waals surface area contributed by atoms with Gasteiger partial charge in [0.05, 0.1) is 0 Å². The van der Waals surface area contributed by atoms with Crippen LogP contribution in [0.5, 0.6) is 0 Å². The largest absolute Gasteiger partial charge is 0.453 e. The molecule has 18 heavy (non-hydrogen) atoms. The van der Waals surface area contributed by atoms with Gasteiger partial charge in [0.1, 0.15) is 11.7 Å². The number of benzene rings is 1. The summed E-state index contributed by atoms with van der Waals surface area (Å²) in [6.07, 6.45) is -0.226. The van der Waals surface area contributed by atoms with Crippen molar-refractivity contribution in [2.24, 2.45) is 0 Å². The maximum absolute atomic E-state index is 5.65. The van der Waals surface area contributed by atoms with Gasteiger partial charge in [0.25, 0.3) is 5.89 Å². The minimum absolute atomic E-state index is 0.226. The summed E-state index contributed by atoms with van der Waals surface area (Å²) in [5.74, 6) is 1.47. The fraction of sp³-hybridized carbons (Fsp3) is 0.231. The van der Waals surface area contributed by atoms with E-state index in [0.29, 0.717) is 17.5 Å². The molecule has 0 bridgehead atoms. The van der Waals surface area contributed by atoms with E-state index in [-0.39, 0.29) is 6.10 Å². The molecule has 92 valence electrons. The highest BCUT2D eigenvalue weighted by molar-refractivity contribution is 5.81.